The van der Waals surface area contributed by atoms with Gasteiger partial charge in [-0.2, -0.15) is 0 Å². The average Bonchev–Trinajstić information content (AvgIpc) is 2.67. The van der Waals surface area contributed by atoms with Crippen molar-refractivity contribution in [3.05, 3.63) is 0 Å². The van der Waals surface area contributed by atoms with Gasteiger partial charge in [0.1, 0.15) is 0 Å². The Morgan fingerprint density at radius 3 is 2.22 bits per heavy atom. The molecule has 0 bridgehead atoms. The molecular weight excluding hydrogens is 222 g/mol. The highest BCUT2D eigenvalue weighted by Crippen LogP contribution is 2.32. The van der Waals surface area contributed by atoms with E-state index in [0.717, 1.165) is 25.5 Å². The lowest BCUT2D eigenvalue weighted by atomic mass is 9.85. The van der Waals surface area contributed by atoms with Gasteiger partial charge in [-0.15, -0.1) is 0 Å². The van der Waals surface area contributed by atoms with Crippen molar-refractivity contribution in [3.63, 3.8) is 0 Å². The van der Waals surface area contributed by atoms with Crippen LogP contribution in [0.3, 0.4) is 0 Å². The lowest BCUT2D eigenvalue weighted by Gasteiger charge is -2.41. The first-order valence-electron chi connectivity index (χ1n) is 8.18. The normalized spacial score (nSPS) is 30.0. The van der Waals surface area contributed by atoms with E-state index >= 15 is 0 Å². The second-order valence-corrected chi connectivity index (χ2v) is 6.28. The quantitative estimate of drug-likeness (QED) is 0.764. The molecule has 1 aliphatic heterocycles. The summed E-state index contributed by atoms with van der Waals surface area (Å²) in [5.74, 6) is 0. The molecule has 2 nitrogen and oxygen atoms in total. The Morgan fingerprint density at radius 2 is 1.61 bits per heavy atom. The highest BCUT2D eigenvalue weighted by molar-refractivity contribution is 4.89. The van der Waals surface area contributed by atoms with Gasteiger partial charge in [-0.05, 0) is 38.5 Å². The summed E-state index contributed by atoms with van der Waals surface area (Å²) in [5.41, 5.74) is 0.167. The lowest BCUT2D eigenvalue weighted by molar-refractivity contribution is -0.0942. The third-order valence-corrected chi connectivity index (χ3v) is 5.11. The molecule has 0 aromatic rings. The Labute approximate surface area is 113 Å². The lowest BCUT2D eigenvalue weighted by Crippen LogP contribution is -2.49. The van der Waals surface area contributed by atoms with Gasteiger partial charge in [-0.3, -0.25) is 0 Å². The van der Waals surface area contributed by atoms with E-state index in [9.17, 15) is 0 Å². The maximum atomic E-state index is 6.07. The summed E-state index contributed by atoms with van der Waals surface area (Å²) in [4.78, 5) is 0. The molecule has 106 valence electrons. The van der Waals surface area contributed by atoms with Crippen molar-refractivity contribution in [3.8, 4) is 0 Å². The van der Waals surface area contributed by atoms with E-state index in [-0.39, 0.29) is 5.60 Å². The minimum Gasteiger partial charge on any atom is -0.375 e. The number of hydrogen-bond acceptors (Lipinski definition) is 2. The summed E-state index contributed by atoms with van der Waals surface area (Å²) in [6.07, 6.45) is 13.3. The predicted octanol–water partition coefficient (Wildman–Crippen LogP) is 4.04. The monoisotopic (exact) mass is 253 g/mol. The van der Waals surface area contributed by atoms with Gasteiger partial charge in [-0.1, -0.05) is 39.5 Å². The minimum absolute atomic E-state index is 0.167. The van der Waals surface area contributed by atoms with Crippen molar-refractivity contribution in [1.29, 1.82) is 0 Å². The van der Waals surface area contributed by atoms with Gasteiger partial charge in [0.15, 0.2) is 0 Å². The molecule has 1 N–H and O–H groups in total. The van der Waals surface area contributed by atoms with E-state index in [1.54, 1.807) is 0 Å². The minimum atomic E-state index is 0.167. The molecule has 1 unspecified atom stereocenters. The summed E-state index contributed by atoms with van der Waals surface area (Å²) in [6, 6.07) is 1.48. The third-order valence-electron chi connectivity index (χ3n) is 5.11. The van der Waals surface area contributed by atoms with Crippen LogP contribution in [0, 0.1) is 0 Å². The molecule has 2 rings (SSSR count). The van der Waals surface area contributed by atoms with Crippen LogP contribution in [-0.2, 0) is 4.74 Å². The van der Waals surface area contributed by atoms with Gasteiger partial charge in [-0.25, -0.2) is 0 Å². The van der Waals surface area contributed by atoms with E-state index in [2.05, 4.69) is 19.2 Å². The Kier molecular flexibility index (Phi) is 5.50. The highest BCUT2D eigenvalue weighted by atomic mass is 16.5. The van der Waals surface area contributed by atoms with Gasteiger partial charge >= 0.3 is 0 Å². The smallest absolute Gasteiger partial charge is 0.0692 e. The SMILES string of the molecule is CCC1(CC)CC(NC2CCCCCC2)CCO1. The largest absolute Gasteiger partial charge is 0.375 e. The molecule has 1 atom stereocenters. The van der Waals surface area contributed by atoms with Crippen LogP contribution in [0.15, 0.2) is 0 Å². The van der Waals surface area contributed by atoms with Crippen LogP contribution < -0.4 is 5.32 Å². The van der Waals surface area contributed by atoms with Crippen LogP contribution in [0.2, 0.25) is 0 Å². The fourth-order valence-corrected chi connectivity index (χ4v) is 3.69. The molecule has 0 radical (unpaired) electrons. The predicted molar refractivity (Wildman–Crippen MR) is 76.9 cm³/mol. The maximum absolute atomic E-state index is 6.07. The molecule has 0 aromatic carbocycles. The first-order chi connectivity index (χ1) is 8.78. The number of nitrogens with one attached hydrogen (secondary N) is 1. The first kappa shape index (κ1) is 14.3. The summed E-state index contributed by atoms with van der Waals surface area (Å²) >= 11 is 0. The van der Waals surface area contributed by atoms with Crippen LogP contribution in [0.25, 0.3) is 0 Å². The number of rotatable bonds is 4. The van der Waals surface area contributed by atoms with Gasteiger partial charge in [0.25, 0.3) is 0 Å². The van der Waals surface area contributed by atoms with Crippen molar-refractivity contribution in [1.82, 2.24) is 5.32 Å². The number of ether oxygens (including phenoxy) is 1. The summed E-state index contributed by atoms with van der Waals surface area (Å²) in [7, 11) is 0. The molecule has 2 aliphatic rings. The molecule has 2 heteroatoms. The zero-order valence-electron chi connectivity index (χ0n) is 12.3. The van der Waals surface area contributed by atoms with E-state index < -0.39 is 0 Å². The molecule has 1 saturated heterocycles. The highest BCUT2D eigenvalue weighted by Gasteiger charge is 2.35. The van der Waals surface area contributed by atoms with Gasteiger partial charge in [0.05, 0.1) is 5.60 Å². The number of hydrogen-bond donors (Lipinski definition) is 1. The van der Waals surface area contributed by atoms with Crippen LogP contribution >= 0.6 is 0 Å². The van der Waals surface area contributed by atoms with Crippen LogP contribution in [0.1, 0.15) is 78.1 Å². The van der Waals surface area contributed by atoms with E-state index in [4.69, 9.17) is 4.74 Å². The first-order valence-corrected chi connectivity index (χ1v) is 8.18. The van der Waals surface area contributed by atoms with E-state index in [0.29, 0.717) is 6.04 Å². The Hall–Kier alpha value is -0.0800. The van der Waals surface area contributed by atoms with Crippen LogP contribution in [0.4, 0.5) is 0 Å². The van der Waals surface area contributed by atoms with Crippen LogP contribution in [0.5, 0.6) is 0 Å². The van der Waals surface area contributed by atoms with Gasteiger partial charge < -0.3 is 10.1 Å². The Morgan fingerprint density at radius 1 is 0.944 bits per heavy atom. The molecule has 0 amide bonds. The Balaban J connectivity index is 1.84. The van der Waals surface area contributed by atoms with Crippen molar-refractivity contribution >= 4 is 0 Å². The van der Waals surface area contributed by atoms with Crippen molar-refractivity contribution in [2.75, 3.05) is 6.61 Å². The molecule has 2 fully saturated rings. The fourth-order valence-electron chi connectivity index (χ4n) is 3.69. The van der Waals surface area contributed by atoms with E-state index in [1.807, 2.05) is 0 Å². The summed E-state index contributed by atoms with van der Waals surface area (Å²) in [5, 5.41) is 3.94. The second-order valence-electron chi connectivity index (χ2n) is 6.28. The van der Waals surface area contributed by atoms with E-state index in [1.165, 1.54) is 51.4 Å². The van der Waals surface area contributed by atoms with Crippen molar-refractivity contribution in [2.24, 2.45) is 0 Å². The zero-order chi connectivity index (χ0) is 12.8. The zero-order valence-corrected chi connectivity index (χ0v) is 12.3. The summed E-state index contributed by atoms with van der Waals surface area (Å²) in [6.45, 7) is 5.50. The molecular formula is C16H31NO. The van der Waals surface area contributed by atoms with Crippen LogP contribution in [-0.4, -0.2) is 24.3 Å². The molecule has 18 heavy (non-hydrogen) atoms. The molecule has 0 spiro atoms. The third kappa shape index (κ3) is 3.71. The summed E-state index contributed by atoms with van der Waals surface area (Å²) < 4.78 is 6.07. The van der Waals surface area contributed by atoms with Gasteiger partial charge in [0.2, 0.25) is 0 Å². The average molecular weight is 253 g/mol. The van der Waals surface area contributed by atoms with Gasteiger partial charge in [0, 0.05) is 18.7 Å². The second kappa shape index (κ2) is 6.91. The fraction of sp³-hybridized carbons (Fsp3) is 1.00. The van der Waals surface area contributed by atoms with Crippen molar-refractivity contribution in [2.45, 2.75) is 95.7 Å². The topological polar surface area (TPSA) is 21.3 Å². The van der Waals surface area contributed by atoms with Crippen molar-refractivity contribution < 1.29 is 4.74 Å². The maximum Gasteiger partial charge on any atom is 0.0692 e. The molecule has 1 aliphatic carbocycles. The molecule has 0 aromatic heterocycles. The molecule has 1 heterocycles. The Bertz CT molecular complexity index is 229. The standard InChI is InChI=1S/C16H31NO/c1-3-16(4-2)13-15(11-12-18-16)17-14-9-7-5-6-8-10-14/h14-15,17H,3-13H2,1-2H3. The molecule has 1 saturated carbocycles.